The van der Waals surface area contributed by atoms with Gasteiger partial charge in [0.15, 0.2) is 0 Å². The number of carboxylic acid groups (broad SMARTS) is 1. The fraction of sp³-hybridized carbons (Fsp3) is 0.389. The van der Waals surface area contributed by atoms with Crippen molar-refractivity contribution in [1.82, 2.24) is 15.2 Å². The van der Waals surface area contributed by atoms with Crippen molar-refractivity contribution in [2.24, 2.45) is 0 Å². The number of benzene rings is 1. The predicted molar refractivity (Wildman–Crippen MR) is 95.8 cm³/mol. The number of carbonyl (C=O) groups excluding carboxylic acids is 1. The molecule has 1 aromatic carbocycles. The van der Waals surface area contributed by atoms with Gasteiger partial charge in [0.2, 0.25) is 5.91 Å². The number of halogens is 3. The van der Waals surface area contributed by atoms with Gasteiger partial charge in [0.25, 0.3) is 5.56 Å². The fourth-order valence-corrected chi connectivity index (χ4v) is 2.70. The molecule has 0 spiro atoms. The number of aliphatic carboxylic acids is 1. The molecule has 1 aliphatic carbocycles. The van der Waals surface area contributed by atoms with Gasteiger partial charge in [0.05, 0.1) is 5.54 Å². The zero-order valence-corrected chi connectivity index (χ0v) is 15.3. The summed E-state index contributed by atoms with van der Waals surface area (Å²) in [5, 5.41) is 12.1. The monoisotopic (exact) mass is 399 g/mol. The van der Waals surface area contributed by atoms with E-state index in [9.17, 15) is 22.8 Å². The second kappa shape index (κ2) is 8.01. The molecule has 0 saturated heterocycles. The van der Waals surface area contributed by atoms with Crippen LogP contribution in [0.5, 0.6) is 0 Å². The van der Waals surface area contributed by atoms with E-state index >= 15 is 0 Å². The van der Waals surface area contributed by atoms with Crippen molar-refractivity contribution in [3.8, 4) is 0 Å². The highest BCUT2D eigenvalue weighted by Crippen LogP contribution is 2.37. The van der Waals surface area contributed by atoms with E-state index in [-0.39, 0.29) is 11.5 Å². The van der Waals surface area contributed by atoms with Crippen molar-refractivity contribution >= 4 is 22.6 Å². The molecule has 10 heteroatoms. The molecule has 3 N–H and O–H groups in total. The number of carbonyl (C=O) groups is 2. The maximum absolute atomic E-state index is 12.2. The minimum absolute atomic E-state index is 0.0835. The van der Waals surface area contributed by atoms with E-state index in [2.05, 4.69) is 10.3 Å². The van der Waals surface area contributed by atoms with E-state index in [0.717, 1.165) is 23.8 Å². The van der Waals surface area contributed by atoms with Crippen LogP contribution in [0.25, 0.3) is 10.8 Å². The molecule has 2 aromatic rings. The van der Waals surface area contributed by atoms with E-state index in [0.29, 0.717) is 11.9 Å². The molecule has 152 valence electrons. The lowest BCUT2D eigenvalue weighted by molar-refractivity contribution is -0.192. The summed E-state index contributed by atoms with van der Waals surface area (Å²) >= 11 is 0. The molecule has 0 bridgehead atoms. The van der Waals surface area contributed by atoms with Crippen molar-refractivity contribution < 1.29 is 27.9 Å². The lowest BCUT2D eigenvalue weighted by atomic mass is 10.1. The Hall–Kier alpha value is -2.88. The van der Waals surface area contributed by atoms with Gasteiger partial charge in [-0.3, -0.25) is 14.9 Å². The van der Waals surface area contributed by atoms with Crippen molar-refractivity contribution in [1.29, 1.82) is 0 Å². The third-order valence-corrected chi connectivity index (χ3v) is 4.32. The van der Waals surface area contributed by atoms with Crippen LogP contribution in [0.2, 0.25) is 0 Å². The Morgan fingerprint density at radius 1 is 1.21 bits per heavy atom. The molecule has 0 atom stereocenters. The SMILES string of the molecule is CN(C)C(=O)C1(NCc2c[nH]c(=O)c3ccccc23)CC1.O=C(O)C(F)(F)F. The highest BCUT2D eigenvalue weighted by molar-refractivity contribution is 5.89. The van der Waals surface area contributed by atoms with Crippen molar-refractivity contribution in [3.05, 3.63) is 46.4 Å². The minimum atomic E-state index is -5.08. The first kappa shape index (κ1) is 21.4. The van der Waals surface area contributed by atoms with Crippen LogP contribution in [0.4, 0.5) is 13.2 Å². The number of alkyl halides is 3. The molecular weight excluding hydrogens is 379 g/mol. The van der Waals surface area contributed by atoms with Crippen LogP contribution in [0.3, 0.4) is 0 Å². The number of amides is 1. The number of carboxylic acids is 1. The molecule has 0 aliphatic heterocycles. The second-order valence-corrected chi connectivity index (χ2v) is 6.63. The topological polar surface area (TPSA) is 103 Å². The summed E-state index contributed by atoms with van der Waals surface area (Å²) in [7, 11) is 3.55. The second-order valence-electron chi connectivity index (χ2n) is 6.63. The Morgan fingerprint density at radius 2 is 1.75 bits per heavy atom. The van der Waals surface area contributed by atoms with Crippen LogP contribution < -0.4 is 10.9 Å². The smallest absolute Gasteiger partial charge is 0.475 e. The first-order valence-electron chi connectivity index (χ1n) is 8.34. The summed E-state index contributed by atoms with van der Waals surface area (Å²) in [6.07, 6.45) is -1.62. The van der Waals surface area contributed by atoms with Crippen molar-refractivity contribution in [3.63, 3.8) is 0 Å². The molecule has 0 unspecified atom stereocenters. The molecule has 7 nitrogen and oxygen atoms in total. The number of aromatic nitrogens is 1. The van der Waals surface area contributed by atoms with Gasteiger partial charge in [-0.2, -0.15) is 13.2 Å². The number of aromatic amines is 1. The van der Waals surface area contributed by atoms with Crippen LogP contribution in [-0.2, 0) is 16.1 Å². The lowest BCUT2D eigenvalue weighted by Gasteiger charge is -2.21. The van der Waals surface area contributed by atoms with Crippen LogP contribution in [0.1, 0.15) is 18.4 Å². The number of nitrogens with zero attached hydrogens (tertiary/aromatic N) is 1. The summed E-state index contributed by atoms with van der Waals surface area (Å²) in [6, 6.07) is 7.53. The standard InChI is InChI=1S/C16H19N3O2.C2HF3O2/c1-19(2)15(21)16(7-8-16)18-10-11-9-17-14(20)13-6-4-3-5-12(11)13;3-2(4,5)1(6)7/h3-6,9,18H,7-8,10H2,1-2H3,(H,17,20);(H,6,7). The van der Waals surface area contributed by atoms with E-state index in [4.69, 9.17) is 9.90 Å². The van der Waals surface area contributed by atoms with Gasteiger partial charge in [-0.25, -0.2) is 4.79 Å². The van der Waals surface area contributed by atoms with Crippen LogP contribution in [-0.4, -0.2) is 52.7 Å². The largest absolute Gasteiger partial charge is 0.490 e. The van der Waals surface area contributed by atoms with Crippen LogP contribution in [0, 0.1) is 0 Å². The van der Waals surface area contributed by atoms with Gasteiger partial charge in [-0.05, 0) is 29.9 Å². The molecule has 1 aliphatic rings. The number of likely N-dealkylation sites (N-methyl/N-ethyl adjacent to an activating group) is 1. The summed E-state index contributed by atoms with van der Waals surface area (Å²) in [6.45, 7) is 0.566. The van der Waals surface area contributed by atoms with E-state index in [1.165, 1.54) is 0 Å². The quantitative estimate of drug-likeness (QED) is 0.729. The Labute approximate surface area is 158 Å². The highest BCUT2D eigenvalue weighted by atomic mass is 19.4. The maximum Gasteiger partial charge on any atom is 0.490 e. The molecule has 1 aromatic heterocycles. The number of hydrogen-bond donors (Lipinski definition) is 3. The van der Waals surface area contributed by atoms with Gasteiger partial charge in [0.1, 0.15) is 0 Å². The first-order chi connectivity index (χ1) is 13.0. The lowest BCUT2D eigenvalue weighted by Crippen LogP contribution is -2.45. The first-order valence-corrected chi connectivity index (χ1v) is 8.34. The number of nitrogens with one attached hydrogen (secondary N) is 2. The maximum atomic E-state index is 12.2. The average Bonchev–Trinajstić information content (AvgIpc) is 3.41. The molecule has 3 rings (SSSR count). The molecule has 28 heavy (non-hydrogen) atoms. The van der Waals surface area contributed by atoms with Gasteiger partial charge in [0, 0.05) is 32.2 Å². The Kier molecular flexibility index (Phi) is 6.13. The zero-order valence-electron chi connectivity index (χ0n) is 15.3. The molecule has 1 amide bonds. The molecule has 1 fully saturated rings. The summed E-state index contributed by atoms with van der Waals surface area (Å²) < 4.78 is 31.7. The average molecular weight is 399 g/mol. The molecular formula is C18H20F3N3O4. The van der Waals surface area contributed by atoms with E-state index < -0.39 is 17.7 Å². The van der Waals surface area contributed by atoms with E-state index in [1.54, 1.807) is 25.2 Å². The van der Waals surface area contributed by atoms with Gasteiger partial charge >= 0.3 is 12.1 Å². The zero-order chi connectivity index (χ0) is 21.1. The van der Waals surface area contributed by atoms with Crippen LogP contribution >= 0.6 is 0 Å². The fourth-order valence-electron chi connectivity index (χ4n) is 2.70. The number of H-pyrrole nitrogens is 1. The number of pyridine rings is 1. The summed E-state index contributed by atoms with van der Waals surface area (Å²) in [5.41, 5.74) is 0.503. The molecule has 1 heterocycles. The number of fused-ring (bicyclic) bond motifs is 1. The normalized spacial score (nSPS) is 14.8. The number of rotatable bonds is 4. The summed E-state index contributed by atoms with van der Waals surface area (Å²) in [4.78, 5) is 37.3. The predicted octanol–water partition coefficient (Wildman–Crippen LogP) is 1.87. The van der Waals surface area contributed by atoms with Gasteiger partial charge in [-0.1, -0.05) is 18.2 Å². The molecule has 0 radical (unpaired) electrons. The Morgan fingerprint density at radius 3 is 2.21 bits per heavy atom. The third-order valence-electron chi connectivity index (χ3n) is 4.32. The summed E-state index contributed by atoms with van der Waals surface area (Å²) in [5.74, 6) is -2.64. The Bertz CT molecular complexity index is 934. The minimum Gasteiger partial charge on any atom is -0.475 e. The molecule has 1 saturated carbocycles. The van der Waals surface area contributed by atoms with Crippen molar-refractivity contribution in [2.45, 2.75) is 31.1 Å². The van der Waals surface area contributed by atoms with E-state index in [1.807, 2.05) is 24.3 Å². The third kappa shape index (κ3) is 4.89. The van der Waals surface area contributed by atoms with Crippen molar-refractivity contribution in [2.75, 3.05) is 14.1 Å². The highest BCUT2D eigenvalue weighted by Gasteiger charge is 2.50. The van der Waals surface area contributed by atoms with Gasteiger partial charge < -0.3 is 15.0 Å². The van der Waals surface area contributed by atoms with Gasteiger partial charge in [-0.15, -0.1) is 0 Å². The number of hydrogen-bond acceptors (Lipinski definition) is 4. The van der Waals surface area contributed by atoms with Crippen LogP contribution in [0.15, 0.2) is 35.3 Å². The Balaban J connectivity index is 0.000000345.